The van der Waals surface area contributed by atoms with Crippen molar-refractivity contribution in [2.75, 3.05) is 6.26 Å². The van der Waals surface area contributed by atoms with Crippen LogP contribution in [0.2, 0.25) is 0 Å². The van der Waals surface area contributed by atoms with Crippen LogP contribution in [0.5, 0.6) is 0 Å². The van der Waals surface area contributed by atoms with E-state index >= 15 is 0 Å². The molecule has 3 rings (SSSR count). The van der Waals surface area contributed by atoms with Crippen molar-refractivity contribution in [1.82, 2.24) is 10.6 Å². The summed E-state index contributed by atoms with van der Waals surface area (Å²) in [7, 11) is 0. The second-order valence-corrected chi connectivity index (χ2v) is 6.75. The minimum Gasteiger partial charge on any atom is -0.347 e. The Morgan fingerprint density at radius 2 is 1.96 bits per heavy atom. The van der Waals surface area contributed by atoms with Crippen LogP contribution in [0.1, 0.15) is 29.7 Å². The molecule has 1 aliphatic heterocycles. The van der Waals surface area contributed by atoms with Gasteiger partial charge in [0.15, 0.2) is 0 Å². The second kappa shape index (κ2) is 7.20. The Hall–Kier alpha value is -1.78. The van der Waals surface area contributed by atoms with Gasteiger partial charge in [0.1, 0.15) is 0 Å². The van der Waals surface area contributed by atoms with E-state index in [4.69, 9.17) is 0 Å². The number of carbonyl (C=O) groups is 1. The number of thioether (sulfide) groups is 1. The van der Waals surface area contributed by atoms with Gasteiger partial charge < -0.3 is 10.6 Å². The third kappa shape index (κ3) is 3.59. The summed E-state index contributed by atoms with van der Waals surface area (Å²) in [6.07, 6.45) is 2.46. The van der Waals surface area contributed by atoms with Gasteiger partial charge in [-0.15, -0.1) is 11.8 Å². The highest BCUT2D eigenvalue weighted by Crippen LogP contribution is 2.26. The standard InChI is InChI=1S/C19H22N2OS/c1-13-19(16-9-5-3-8-15(16)12-20-13)21-18(22)11-14-7-4-6-10-17(14)23-2/h3-10,13,19-20H,11-12H2,1-2H3,(H,21,22). The van der Waals surface area contributed by atoms with Gasteiger partial charge in [-0.25, -0.2) is 0 Å². The third-order valence-corrected chi connectivity index (χ3v) is 5.20. The van der Waals surface area contributed by atoms with Gasteiger partial charge in [0.2, 0.25) is 5.91 Å². The van der Waals surface area contributed by atoms with E-state index in [1.165, 1.54) is 11.1 Å². The van der Waals surface area contributed by atoms with Crippen molar-refractivity contribution in [3.05, 3.63) is 65.2 Å². The van der Waals surface area contributed by atoms with Crippen LogP contribution in [-0.2, 0) is 17.8 Å². The van der Waals surface area contributed by atoms with Crippen LogP contribution >= 0.6 is 11.8 Å². The predicted molar refractivity (Wildman–Crippen MR) is 95.6 cm³/mol. The lowest BCUT2D eigenvalue weighted by Crippen LogP contribution is -2.46. The van der Waals surface area contributed by atoms with Gasteiger partial charge in [0.25, 0.3) is 0 Å². The molecule has 2 aromatic rings. The fourth-order valence-corrected chi connectivity index (χ4v) is 3.72. The van der Waals surface area contributed by atoms with Crippen LogP contribution in [0.3, 0.4) is 0 Å². The zero-order chi connectivity index (χ0) is 16.2. The molecule has 0 spiro atoms. The molecule has 0 saturated carbocycles. The molecule has 1 amide bonds. The van der Waals surface area contributed by atoms with Gasteiger partial charge in [0.05, 0.1) is 12.5 Å². The summed E-state index contributed by atoms with van der Waals surface area (Å²) >= 11 is 1.68. The van der Waals surface area contributed by atoms with Gasteiger partial charge in [-0.1, -0.05) is 42.5 Å². The fourth-order valence-electron chi connectivity index (χ4n) is 3.11. The zero-order valence-corrected chi connectivity index (χ0v) is 14.3. The minimum atomic E-state index is 0.0221. The van der Waals surface area contributed by atoms with E-state index in [0.29, 0.717) is 6.42 Å². The largest absolute Gasteiger partial charge is 0.347 e. The maximum absolute atomic E-state index is 12.6. The van der Waals surface area contributed by atoms with Gasteiger partial charge in [-0.3, -0.25) is 4.79 Å². The summed E-state index contributed by atoms with van der Waals surface area (Å²) in [5.74, 6) is 0.0712. The lowest BCUT2D eigenvalue weighted by Gasteiger charge is -2.33. The van der Waals surface area contributed by atoms with Crippen LogP contribution in [0.25, 0.3) is 0 Å². The molecule has 0 saturated heterocycles. The summed E-state index contributed by atoms with van der Waals surface area (Å²) in [6, 6.07) is 16.7. The lowest BCUT2D eigenvalue weighted by molar-refractivity contribution is -0.121. The lowest BCUT2D eigenvalue weighted by atomic mass is 9.91. The van der Waals surface area contributed by atoms with Gasteiger partial charge in [-0.2, -0.15) is 0 Å². The molecule has 120 valence electrons. The number of hydrogen-bond acceptors (Lipinski definition) is 3. The SMILES string of the molecule is CSc1ccccc1CC(=O)NC1c2ccccc2CNC1C. The van der Waals surface area contributed by atoms with Crippen molar-refractivity contribution in [3.8, 4) is 0 Å². The molecular formula is C19H22N2OS. The highest BCUT2D eigenvalue weighted by Gasteiger charge is 2.27. The minimum absolute atomic E-state index is 0.0221. The van der Waals surface area contributed by atoms with E-state index < -0.39 is 0 Å². The first-order chi connectivity index (χ1) is 11.2. The summed E-state index contributed by atoms with van der Waals surface area (Å²) < 4.78 is 0. The Bertz CT molecular complexity index is 701. The van der Waals surface area contributed by atoms with Crippen LogP contribution in [-0.4, -0.2) is 18.2 Å². The van der Waals surface area contributed by atoms with Crippen LogP contribution in [0, 0.1) is 0 Å². The molecule has 1 aliphatic rings. The number of hydrogen-bond donors (Lipinski definition) is 2. The molecule has 0 aromatic heterocycles. The number of rotatable bonds is 4. The van der Waals surface area contributed by atoms with Crippen LogP contribution in [0.15, 0.2) is 53.4 Å². The molecule has 2 atom stereocenters. The third-order valence-electron chi connectivity index (χ3n) is 4.36. The molecule has 23 heavy (non-hydrogen) atoms. The number of nitrogens with one attached hydrogen (secondary N) is 2. The molecule has 2 N–H and O–H groups in total. The summed E-state index contributed by atoms with van der Waals surface area (Å²) in [5, 5.41) is 6.68. The van der Waals surface area contributed by atoms with Crippen molar-refractivity contribution >= 4 is 17.7 Å². The van der Waals surface area contributed by atoms with E-state index in [1.807, 2.05) is 36.6 Å². The van der Waals surface area contributed by atoms with Crippen molar-refractivity contribution in [2.24, 2.45) is 0 Å². The fraction of sp³-hybridized carbons (Fsp3) is 0.316. The molecular weight excluding hydrogens is 304 g/mol. The molecule has 1 heterocycles. The Morgan fingerprint density at radius 3 is 2.78 bits per heavy atom. The van der Waals surface area contributed by atoms with Crippen molar-refractivity contribution < 1.29 is 4.79 Å². The van der Waals surface area contributed by atoms with E-state index in [0.717, 1.165) is 17.0 Å². The van der Waals surface area contributed by atoms with E-state index in [1.54, 1.807) is 11.8 Å². The molecule has 0 radical (unpaired) electrons. The Balaban J connectivity index is 1.75. The second-order valence-electron chi connectivity index (χ2n) is 5.90. The Labute approximate surface area is 141 Å². The van der Waals surface area contributed by atoms with Crippen molar-refractivity contribution in [3.63, 3.8) is 0 Å². The monoisotopic (exact) mass is 326 g/mol. The number of amides is 1. The summed E-state index contributed by atoms with van der Waals surface area (Å²) in [5.41, 5.74) is 3.58. The number of benzene rings is 2. The van der Waals surface area contributed by atoms with Gasteiger partial charge in [-0.05, 0) is 35.9 Å². The highest BCUT2D eigenvalue weighted by molar-refractivity contribution is 7.98. The molecule has 4 heteroatoms. The Kier molecular flexibility index (Phi) is 5.03. The van der Waals surface area contributed by atoms with Gasteiger partial charge >= 0.3 is 0 Å². The summed E-state index contributed by atoms with van der Waals surface area (Å²) in [6.45, 7) is 2.98. The number of carbonyl (C=O) groups excluding carboxylic acids is 1. The number of fused-ring (bicyclic) bond motifs is 1. The predicted octanol–water partition coefficient (Wildman–Crippen LogP) is 3.30. The quantitative estimate of drug-likeness (QED) is 0.847. The van der Waals surface area contributed by atoms with Crippen molar-refractivity contribution in [1.29, 1.82) is 0 Å². The Morgan fingerprint density at radius 1 is 1.22 bits per heavy atom. The highest BCUT2D eigenvalue weighted by atomic mass is 32.2. The smallest absolute Gasteiger partial charge is 0.224 e. The van der Waals surface area contributed by atoms with E-state index in [2.05, 4.69) is 35.8 Å². The molecule has 0 bridgehead atoms. The first-order valence-corrected chi connectivity index (χ1v) is 9.14. The normalized spacial score (nSPS) is 19.9. The van der Waals surface area contributed by atoms with Crippen LogP contribution in [0.4, 0.5) is 0 Å². The maximum Gasteiger partial charge on any atom is 0.224 e. The average Bonchev–Trinajstić information content (AvgIpc) is 2.58. The molecule has 3 nitrogen and oxygen atoms in total. The average molecular weight is 326 g/mol. The van der Waals surface area contributed by atoms with Crippen LogP contribution < -0.4 is 10.6 Å². The van der Waals surface area contributed by atoms with Gasteiger partial charge in [0, 0.05) is 17.5 Å². The molecule has 0 fully saturated rings. The summed E-state index contributed by atoms with van der Waals surface area (Å²) in [4.78, 5) is 13.7. The van der Waals surface area contributed by atoms with Crippen molar-refractivity contribution in [2.45, 2.75) is 36.9 Å². The molecule has 0 aliphatic carbocycles. The maximum atomic E-state index is 12.6. The molecule has 2 unspecified atom stereocenters. The zero-order valence-electron chi connectivity index (χ0n) is 13.5. The van der Waals surface area contributed by atoms with E-state index in [9.17, 15) is 4.79 Å². The van der Waals surface area contributed by atoms with E-state index in [-0.39, 0.29) is 18.0 Å². The first-order valence-electron chi connectivity index (χ1n) is 7.91. The first kappa shape index (κ1) is 16.1. The topological polar surface area (TPSA) is 41.1 Å². The molecule has 2 aromatic carbocycles.